The number of hydrogen-bond acceptors (Lipinski definition) is 4. The summed E-state index contributed by atoms with van der Waals surface area (Å²) in [5.41, 5.74) is 0.686. The molecular formula is C13H21NO3. The Balaban J connectivity index is 3.02. The van der Waals surface area contributed by atoms with Crippen molar-refractivity contribution in [3.05, 3.63) is 17.3 Å². The van der Waals surface area contributed by atoms with Crippen LogP contribution in [-0.2, 0) is 11.2 Å². The third-order valence-electron chi connectivity index (χ3n) is 2.90. The summed E-state index contributed by atoms with van der Waals surface area (Å²) >= 11 is 0. The number of esters is 1. The Morgan fingerprint density at radius 2 is 2.00 bits per heavy atom. The highest BCUT2D eigenvalue weighted by atomic mass is 16.5. The smallest absolute Gasteiger partial charge is 0.376 e. The molecule has 0 fully saturated rings. The molecule has 0 aromatic carbocycles. The molecule has 1 atom stereocenters. The zero-order valence-electron chi connectivity index (χ0n) is 11.2. The van der Waals surface area contributed by atoms with Crippen LogP contribution in [0.25, 0.3) is 0 Å². The molecule has 0 aliphatic rings. The van der Waals surface area contributed by atoms with Gasteiger partial charge in [0.25, 0.3) is 0 Å². The third-order valence-corrected chi connectivity index (χ3v) is 2.90. The van der Waals surface area contributed by atoms with E-state index < -0.39 is 5.97 Å². The molecule has 0 saturated carbocycles. The number of ether oxygens (including phenoxy) is 1. The number of carbonyl (C=O) groups is 1. The molecule has 1 aromatic heterocycles. The van der Waals surface area contributed by atoms with Gasteiger partial charge in [0.2, 0.25) is 5.76 Å². The lowest BCUT2D eigenvalue weighted by molar-refractivity contribution is 0.0485. The largest absolute Gasteiger partial charge is 0.460 e. The van der Waals surface area contributed by atoms with Gasteiger partial charge in [-0.15, -0.1) is 0 Å². The van der Waals surface area contributed by atoms with E-state index in [2.05, 4.69) is 18.8 Å². The van der Waals surface area contributed by atoms with Crippen molar-refractivity contribution in [3.8, 4) is 0 Å². The van der Waals surface area contributed by atoms with Crippen molar-refractivity contribution in [1.29, 1.82) is 0 Å². The van der Waals surface area contributed by atoms with E-state index in [1.165, 1.54) is 0 Å². The fourth-order valence-electron chi connectivity index (χ4n) is 1.45. The monoisotopic (exact) mass is 239 g/mol. The zero-order valence-corrected chi connectivity index (χ0v) is 11.2. The van der Waals surface area contributed by atoms with Crippen molar-refractivity contribution in [2.75, 3.05) is 6.61 Å². The van der Waals surface area contributed by atoms with Gasteiger partial charge in [0, 0.05) is 5.92 Å². The molecule has 1 aromatic rings. The molecular weight excluding hydrogens is 218 g/mol. The first-order valence-electron chi connectivity index (χ1n) is 6.17. The van der Waals surface area contributed by atoms with Gasteiger partial charge in [-0.1, -0.05) is 27.7 Å². The predicted molar refractivity (Wildman–Crippen MR) is 65.1 cm³/mol. The Morgan fingerprint density at radius 1 is 1.35 bits per heavy atom. The summed E-state index contributed by atoms with van der Waals surface area (Å²) in [6, 6.07) is 0. The highest BCUT2D eigenvalue weighted by Crippen LogP contribution is 2.25. The highest BCUT2D eigenvalue weighted by molar-refractivity contribution is 5.87. The van der Waals surface area contributed by atoms with Crippen LogP contribution in [0.15, 0.2) is 4.42 Å². The van der Waals surface area contributed by atoms with Gasteiger partial charge in [-0.3, -0.25) is 0 Å². The quantitative estimate of drug-likeness (QED) is 0.740. The molecule has 0 amide bonds. The molecule has 0 radical (unpaired) electrons. The standard InChI is InChI=1S/C13H21NO3/c1-6-10-11(13(15)16-7-2)17-12(14-10)9(5)8(3)4/h8-9H,6-7H2,1-5H3. The first kappa shape index (κ1) is 13.7. The summed E-state index contributed by atoms with van der Waals surface area (Å²) in [5, 5.41) is 0. The SMILES string of the molecule is CCOC(=O)c1oc(C(C)C(C)C)nc1CC. The Kier molecular flexibility index (Phi) is 4.73. The van der Waals surface area contributed by atoms with Gasteiger partial charge in [-0.25, -0.2) is 9.78 Å². The van der Waals surface area contributed by atoms with Crippen LogP contribution in [0.2, 0.25) is 0 Å². The lowest BCUT2D eigenvalue weighted by Gasteiger charge is -2.10. The second-order valence-corrected chi connectivity index (χ2v) is 4.43. The molecule has 4 heteroatoms. The second kappa shape index (κ2) is 5.84. The van der Waals surface area contributed by atoms with Crippen LogP contribution >= 0.6 is 0 Å². The number of aromatic nitrogens is 1. The van der Waals surface area contributed by atoms with E-state index in [-0.39, 0.29) is 11.7 Å². The Bertz CT molecular complexity index is 382. The molecule has 0 bridgehead atoms. The van der Waals surface area contributed by atoms with Gasteiger partial charge < -0.3 is 9.15 Å². The minimum atomic E-state index is -0.418. The van der Waals surface area contributed by atoms with Gasteiger partial charge >= 0.3 is 5.97 Å². The Hall–Kier alpha value is -1.32. The first-order valence-corrected chi connectivity index (χ1v) is 6.17. The molecule has 0 aliphatic heterocycles. The zero-order chi connectivity index (χ0) is 13.0. The minimum absolute atomic E-state index is 0.198. The molecule has 96 valence electrons. The third kappa shape index (κ3) is 3.08. The maximum atomic E-state index is 11.7. The molecule has 0 spiro atoms. The van der Waals surface area contributed by atoms with E-state index >= 15 is 0 Å². The summed E-state index contributed by atoms with van der Waals surface area (Å²) in [6.07, 6.45) is 0.669. The maximum Gasteiger partial charge on any atom is 0.376 e. The van der Waals surface area contributed by atoms with Crippen molar-refractivity contribution >= 4 is 5.97 Å². The van der Waals surface area contributed by atoms with Crippen molar-refractivity contribution in [1.82, 2.24) is 4.98 Å². The van der Waals surface area contributed by atoms with Gasteiger partial charge in [0.05, 0.1) is 12.3 Å². The van der Waals surface area contributed by atoms with Crippen molar-refractivity contribution in [2.45, 2.75) is 47.0 Å². The molecule has 17 heavy (non-hydrogen) atoms. The van der Waals surface area contributed by atoms with E-state index in [4.69, 9.17) is 9.15 Å². The van der Waals surface area contributed by atoms with E-state index in [0.29, 0.717) is 30.5 Å². The van der Waals surface area contributed by atoms with E-state index in [0.717, 1.165) is 0 Å². The number of rotatable bonds is 5. The van der Waals surface area contributed by atoms with Gasteiger partial charge in [-0.2, -0.15) is 0 Å². The van der Waals surface area contributed by atoms with Crippen LogP contribution < -0.4 is 0 Å². The Morgan fingerprint density at radius 3 is 2.47 bits per heavy atom. The maximum absolute atomic E-state index is 11.7. The van der Waals surface area contributed by atoms with Crippen molar-refractivity contribution in [3.63, 3.8) is 0 Å². The number of carbonyl (C=O) groups excluding carboxylic acids is 1. The van der Waals surface area contributed by atoms with Crippen LogP contribution in [0.3, 0.4) is 0 Å². The van der Waals surface area contributed by atoms with Gasteiger partial charge in [0.1, 0.15) is 0 Å². The summed E-state index contributed by atoms with van der Waals surface area (Å²) in [4.78, 5) is 16.1. The molecule has 1 rings (SSSR count). The highest BCUT2D eigenvalue weighted by Gasteiger charge is 2.24. The lowest BCUT2D eigenvalue weighted by Crippen LogP contribution is -2.06. The molecule has 1 unspecified atom stereocenters. The topological polar surface area (TPSA) is 52.3 Å². The Labute approximate surface area is 102 Å². The molecule has 4 nitrogen and oxygen atoms in total. The van der Waals surface area contributed by atoms with Crippen molar-refractivity contribution < 1.29 is 13.9 Å². The average Bonchev–Trinajstić information content (AvgIpc) is 2.72. The molecule has 0 aliphatic carbocycles. The number of oxazole rings is 1. The van der Waals surface area contributed by atoms with Crippen LogP contribution in [0, 0.1) is 5.92 Å². The second-order valence-electron chi connectivity index (χ2n) is 4.43. The summed E-state index contributed by atoms with van der Waals surface area (Å²) in [7, 11) is 0. The number of aryl methyl sites for hydroxylation is 1. The van der Waals surface area contributed by atoms with E-state index in [1.54, 1.807) is 6.92 Å². The van der Waals surface area contributed by atoms with E-state index in [9.17, 15) is 4.79 Å². The fourth-order valence-corrected chi connectivity index (χ4v) is 1.45. The number of nitrogens with zero attached hydrogens (tertiary/aromatic N) is 1. The molecule has 0 N–H and O–H groups in total. The number of hydrogen-bond donors (Lipinski definition) is 0. The fraction of sp³-hybridized carbons (Fsp3) is 0.692. The normalized spacial score (nSPS) is 12.8. The van der Waals surface area contributed by atoms with Crippen LogP contribution in [0.1, 0.15) is 62.7 Å². The summed E-state index contributed by atoms with van der Waals surface area (Å²) in [5.74, 6) is 1.09. The van der Waals surface area contributed by atoms with Gasteiger partial charge in [-0.05, 0) is 19.3 Å². The summed E-state index contributed by atoms with van der Waals surface area (Å²) in [6.45, 7) is 10.3. The predicted octanol–water partition coefficient (Wildman–Crippen LogP) is 3.17. The average molecular weight is 239 g/mol. The van der Waals surface area contributed by atoms with Crippen LogP contribution in [-0.4, -0.2) is 17.6 Å². The van der Waals surface area contributed by atoms with Crippen LogP contribution in [0.4, 0.5) is 0 Å². The molecule has 0 saturated heterocycles. The van der Waals surface area contributed by atoms with Gasteiger partial charge in [0.15, 0.2) is 5.89 Å². The van der Waals surface area contributed by atoms with E-state index in [1.807, 2.05) is 13.8 Å². The van der Waals surface area contributed by atoms with Crippen molar-refractivity contribution in [2.24, 2.45) is 5.92 Å². The lowest BCUT2D eigenvalue weighted by atomic mass is 9.98. The molecule has 1 heterocycles. The summed E-state index contributed by atoms with van der Waals surface area (Å²) < 4.78 is 10.5. The first-order chi connectivity index (χ1) is 8.01. The minimum Gasteiger partial charge on any atom is -0.460 e. The van der Waals surface area contributed by atoms with Crippen LogP contribution in [0.5, 0.6) is 0 Å².